The molecular formula is C74H72Br3ClN12O15S4. The van der Waals surface area contributed by atoms with Crippen LogP contribution in [-0.2, 0) is 46.5 Å². The Balaban J connectivity index is 0.000000220. The van der Waals surface area contributed by atoms with Crippen LogP contribution in [0.5, 0.6) is 0 Å². The SMILES string of the molecule is Br.Br.CC(C)(C)CC(=O)N[C@@H](Cc1ccc([N+](=O)[O-])cc1)C(=O)CBr.NC(=O)c1cccs1.N[C@@H](Cc1ccc([N+](=O)[O-])cc1)c1coc(-c2cccs2)n1.N[C@@H](Cc1ccc([N+](=O)[O-])cc1)c1coc(-c2cccs2)n1.O=C(Cc1cccc(Cl)c1)N[C@@H](Cc1ccc([N+](=O)[O-])cc1)c1coc(-c2cccs2)n1. The Bertz CT molecular complexity index is 4740. The van der Waals surface area contributed by atoms with Gasteiger partial charge >= 0.3 is 0 Å². The topological polar surface area (TPSA) is 421 Å². The summed E-state index contributed by atoms with van der Waals surface area (Å²) in [6.07, 6.45) is 6.91. The molecule has 7 heterocycles. The minimum absolute atomic E-state index is 0. The molecule has 27 nitrogen and oxygen atoms in total. The summed E-state index contributed by atoms with van der Waals surface area (Å²) in [6.45, 7) is 5.85. The number of aromatic nitrogens is 3. The zero-order chi connectivity index (χ0) is 77.2. The fourth-order valence-electron chi connectivity index (χ4n) is 9.89. The number of nitrogens with one attached hydrogen (secondary N) is 2. The number of amides is 3. The Labute approximate surface area is 674 Å². The number of halogens is 4. The van der Waals surface area contributed by atoms with Crippen LogP contribution in [0.25, 0.3) is 32.3 Å². The molecule has 7 aromatic heterocycles. The van der Waals surface area contributed by atoms with E-state index < -0.39 is 31.8 Å². The summed E-state index contributed by atoms with van der Waals surface area (Å²) < 4.78 is 16.5. The summed E-state index contributed by atoms with van der Waals surface area (Å²) in [5.41, 5.74) is 23.3. The van der Waals surface area contributed by atoms with Crippen LogP contribution in [0.1, 0.15) is 99.9 Å². The van der Waals surface area contributed by atoms with Crippen LogP contribution in [0, 0.1) is 45.9 Å². The summed E-state index contributed by atoms with van der Waals surface area (Å²) >= 11 is 15.1. The van der Waals surface area contributed by atoms with E-state index in [1.807, 2.05) is 84.8 Å². The van der Waals surface area contributed by atoms with Crippen LogP contribution in [0.3, 0.4) is 0 Å². The Morgan fingerprint density at radius 1 is 0.495 bits per heavy atom. The number of nitro benzene ring substituents is 4. The Hall–Kier alpha value is -10.1. The third kappa shape index (κ3) is 28.4. The normalized spacial score (nSPS) is 11.7. The highest BCUT2D eigenvalue weighted by Gasteiger charge is 2.26. The van der Waals surface area contributed by atoms with Crippen molar-refractivity contribution in [3.05, 3.63) is 305 Å². The quantitative estimate of drug-likeness (QED) is 0.0191. The maximum atomic E-state index is 12.8. The summed E-state index contributed by atoms with van der Waals surface area (Å²) in [5, 5.41) is 57.0. The molecule has 35 heteroatoms. The van der Waals surface area contributed by atoms with Gasteiger partial charge < -0.3 is 41.1 Å². The monoisotopic (exact) mass is 1770 g/mol. The molecule has 0 aliphatic carbocycles. The molecular weight excluding hydrogens is 1700 g/mol. The summed E-state index contributed by atoms with van der Waals surface area (Å²) in [5.74, 6) is 0.741. The molecule has 0 bridgehead atoms. The van der Waals surface area contributed by atoms with Crippen molar-refractivity contribution in [1.29, 1.82) is 0 Å². The molecule has 0 saturated carbocycles. The highest BCUT2D eigenvalue weighted by molar-refractivity contribution is 9.09. The molecule has 0 aliphatic heterocycles. The molecule has 3 amide bonds. The van der Waals surface area contributed by atoms with Crippen molar-refractivity contribution in [2.45, 2.75) is 83.5 Å². The predicted octanol–water partition coefficient (Wildman–Crippen LogP) is 17.7. The van der Waals surface area contributed by atoms with Gasteiger partial charge in [0.1, 0.15) is 24.5 Å². The fourth-order valence-corrected chi connectivity index (χ4v) is 13.0. The summed E-state index contributed by atoms with van der Waals surface area (Å²) in [4.78, 5) is 105. The van der Waals surface area contributed by atoms with Crippen LogP contribution in [0.4, 0.5) is 22.7 Å². The number of nitro groups is 4. The van der Waals surface area contributed by atoms with Crippen molar-refractivity contribution in [3.8, 4) is 32.3 Å². The van der Waals surface area contributed by atoms with Gasteiger partial charge in [0.2, 0.25) is 29.5 Å². The van der Waals surface area contributed by atoms with Crippen LogP contribution < -0.4 is 27.8 Å². The molecule has 0 aliphatic rings. The number of ketones is 1. The Morgan fingerprint density at radius 2 is 0.872 bits per heavy atom. The largest absolute Gasteiger partial charge is 0.443 e. The molecule has 8 N–H and O–H groups in total. The number of benzene rings is 5. The molecule has 0 unspecified atom stereocenters. The number of carbonyl (C=O) groups excluding carboxylic acids is 4. The third-order valence-electron chi connectivity index (χ3n) is 15.2. The zero-order valence-electron chi connectivity index (χ0n) is 58.2. The van der Waals surface area contributed by atoms with Crippen molar-refractivity contribution in [3.63, 3.8) is 0 Å². The fraction of sp³-hybridized carbons (Fsp3) is 0.203. The van der Waals surface area contributed by atoms with Gasteiger partial charge in [-0.05, 0) is 117 Å². The van der Waals surface area contributed by atoms with Gasteiger partial charge in [-0.3, -0.25) is 59.6 Å². The summed E-state index contributed by atoms with van der Waals surface area (Å²) in [7, 11) is 0. The van der Waals surface area contributed by atoms with E-state index in [0.29, 0.717) is 76.8 Å². The Kier molecular flexibility index (Phi) is 34.7. The van der Waals surface area contributed by atoms with E-state index in [4.69, 9.17) is 42.1 Å². The number of hydrogen-bond acceptors (Lipinski definition) is 24. The number of alkyl halides is 1. The van der Waals surface area contributed by atoms with Crippen molar-refractivity contribution in [2.24, 2.45) is 22.6 Å². The number of rotatable bonds is 26. The second-order valence-corrected chi connectivity index (χ2v) is 29.4. The van der Waals surface area contributed by atoms with Crippen LogP contribution in [0.15, 0.2) is 223 Å². The number of nitrogens with two attached hydrogens (primary N) is 3. The van der Waals surface area contributed by atoms with Crippen LogP contribution in [0.2, 0.25) is 5.02 Å². The van der Waals surface area contributed by atoms with Gasteiger partial charge in [-0.25, -0.2) is 15.0 Å². The van der Waals surface area contributed by atoms with Crippen molar-refractivity contribution in [2.75, 3.05) is 5.33 Å². The van der Waals surface area contributed by atoms with Gasteiger partial charge in [-0.15, -0.1) is 79.3 Å². The number of primary amides is 1. The molecule has 5 aromatic carbocycles. The molecule has 12 rings (SSSR count). The molecule has 0 fully saturated rings. The highest BCUT2D eigenvalue weighted by Crippen LogP contribution is 2.31. The maximum absolute atomic E-state index is 12.8. The van der Waals surface area contributed by atoms with E-state index in [-0.39, 0.29) is 109 Å². The van der Waals surface area contributed by atoms with E-state index >= 15 is 0 Å². The molecule has 0 saturated heterocycles. The number of carbonyl (C=O) groups is 4. The van der Waals surface area contributed by atoms with Crippen molar-refractivity contribution >= 4 is 153 Å². The average Bonchev–Trinajstić information content (AvgIpc) is 1.75. The Morgan fingerprint density at radius 3 is 1.21 bits per heavy atom. The van der Waals surface area contributed by atoms with E-state index in [9.17, 15) is 59.6 Å². The van der Waals surface area contributed by atoms with Crippen molar-refractivity contribution < 1.29 is 52.1 Å². The van der Waals surface area contributed by atoms with Gasteiger partial charge in [0, 0.05) is 60.0 Å². The van der Waals surface area contributed by atoms with Gasteiger partial charge in [0.25, 0.3) is 28.7 Å². The molecule has 0 spiro atoms. The first-order chi connectivity index (χ1) is 51.2. The van der Waals surface area contributed by atoms with E-state index in [1.54, 1.807) is 114 Å². The predicted molar refractivity (Wildman–Crippen MR) is 435 cm³/mol. The number of hydrogen-bond donors (Lipinski definition) is 5. The number of non-ortho nitro benzene ring substituents is 4. The highest BCUT2D eigenvalue weighted by atomic mass is 79.9. The number of nitrogens with zero attached hydrogens (tertiary/aromatic N) is 7. The van der Waals surface area contributed by atoms with E-state index in [2.05, 4.69) is 41.5 Å². The van der Waals surface area contributed by atoms with Gasteiger partial charge in [-0.1, -0.05) is 133 Å². The zero-order valence-corrected chi connectivity index (χ0v) is 67.2. The van der Waals surface area contributed by atoms with Crippen LogP contribution in [-0.4, -0.2) is 69.5 Å². The third-order valence-corrected chi connectivity index (χ3v) is 19.4. The molecule has 12 aromatic rings. The van der Waals surface area contributed by atoms with Gasteiger partial charge in [-0.2, -0.15) is 0 Å². The smallest absolute Gasteiger partial charge is 0.269 e. The van der Waals surface area contributed by atoms with Gasteiger partial charge in [0.15, 0.2) is 5.78 Å². The lowest BCUT2D eigenvalue weighted by Gasteiger charge is -2.21. The second-order valence-electron chi connectivity index (χ2n) is 24.6. The first-order valence-corrected chi connectivity index (χ1v) is 37.4. The maximum Gasteiger partial charge on any atom is 0.269 e. The lowest BCUT2D eigenvalue weighted by Crippen LogP contribution is -2.44. The number of Topliss-reactive ketones (excluding diaryl/α,β-unsaturated/α-hetero) is 1. The van der Waals surface area contributed by atoms with E-state index in [0.717, 1.165) is 42.4 Å². The number of thiophene rings is 4. The minimum Gasteiger partial charge on any atom is -0.443 e. The second kappa shape index (κ2) is 43.2. The minimum atomic E-state index is -0.648. The first kappa shape index (κ1) is 87.8. The van der Waals surface area contributed by atoms with Crippen LogP contribution >= 0.6 is 107 Å². The van der Waals surface area contributed by atoms with E-state index in [1.165, 1.54) is 77.5 Å². The summed E-state index contributed by atoms with van der Waals surface area (Å²) in [6, 6.07) is 45.4. The molecule has 4 atom stereocenters. The first-order valence-electron chi connectivity index (χ1n) is 32.3. The van der Waals surface area contributed by atoms with Crippen molar-refractivity contribution in [1.82, 2.24) is 25.6 Å². The lowest BCUT2D eigenvalue weighted by atomic mass is 9.91. The number of oxazole rings is 3. The average molecular weight is 1770 g/mol. The lowest BCUT2D eigenvalue weighted by molar-refractivity contribution is -0.385. The van der Waals surface area contributed by atoms with Gasteiger partial charge in [0.05, 0.1) is 86.5 Å². The molecule has 109 heavy (non-hydrogen) atoms. The standard InChI is InChI=1S/C23H18ClN3O4S.C16H21BrN2O4.2C15H13N3O3S.C5H5NOS.2BrH/c24-17-4-1-3-16(11-17)13-22(28)25-19(12-15-6-8-18(9-7-15)27(29)30)20-14-31-23(26-20)21-5-2-10-32-21;1-16(2,3)9-15(21)18-13(14(20)10-17)8-11-4-6-12(7-5-11)19(22)23;2*16-12(8-10-3-5-11(6-4-10)18(19)20)13-9-21-15(17-13)14-2-1-7-22-14;6-5(7)4-2-1-3-8-4;;/h1-11,14,19H,12-13H2,(H,25,28);4-7,13H,8-10H2,1-3H3,(H,18,21);2*1-7,9,12H,8,16H2;1-3H,(H2,6,7);2*1H/t19-;13-;2*12-;;;/m0000.../s1. The molecule has 0 radical (unpaired) electrons. The molecule has 570 valence electrons.